The molecule has 14 heavy (non-hydrogen) atoms. The van der Waals surface area contributed by atoms with E-state index in [9.17, 15) is 0 Å². The molecule has 80 valence electrons. The predicted octanol–water partition coefficient (Wildman–Crippen LogP) is 2.34. The maximum Gasteiger partial charge on any atom is 0.0558 e. The number of hydrogen-bond donors (Lipinski definition) is 1. The Labute approximate surface area is 90.2 Å². The van der Waals surface area contributed by atoms with Crippen molar-refractivity contribution in [3.05, 3.63) is 22.4 Å². The number of aliphatic hydroxyl groups excluding tert-OH is 1. The van der Waals surface area contributed by atoms with E-state index in [1.54, 1.807) is 11.3 Å². The number of unbranched alkanes of at least 4 members (excludes halogenated alkanes) is 1. The van der Waals surface area contributed by atoms with Crippen molar-refractivity contribution in [2.45, 2.75) is 26.3 Å². The Kier molecular flexibility index (Phi) is 5.83. The molecular weight excluding hydrogens is 194 g/mol. The largest absolute Gasteiger partial charge is 0.395 e. The van der Waals surface area contributed by atoms with E-state index in [-0.39, 0.29) is 6.61 Å². The highest BCUT2D eigenvalue weighted by atomic mass is 32.1. The van der Waals surface area contributed by atoms with E-state index in [1.807, 2.05) is 0 Å². The van der Waals surface area contributed by atoms with E-state index >= 15 is 0 Å². The molecule has 1 N–H and O–H groups in total. The molecule has 0 radical (unpaired) electrons. The van der Waals surface area contributed by atoms with E-state index in [4.69, 9.17) is 5.11 Å². The van der Waals surface area contributed by atoms with Crippen LogP contribution in [0.15, 0.2) is 16.8 Å². The number of rotatable bonds is 7. The van der Waals surface area contributed by atoms with Crippen LogP contribution in [0, 0.1) is 0 Å². The van der Waals surface area contributed by atoms with Gasteiger partial charge in [-0.1, -0.05) is 13.3 Å². The Balaban J connectivity index is 2.34. The number of aliphatic hydroxyl groups is 1. The number of thiophene rings is 1. The summed E-state index contributed by atoms with van der Waals surface area (Å²) in [6.07, 6.45) is 2.43. The normalized spacial score (nSPS) is 11.1. The molecule has 0 spiro atoms. The van der Waals surface area contributed by atoms with Gasteiger partial charge in [0.15, 0.2) is 0 Å². The van der Waals surface area contributed by atoms with Crippen molar-refractivity contribution in [1.82, 2.24) is 4.90 Å². The summed E-state index contributed by atoms with van der Waals surface area (Å²) in [5.41, 5.74) is 1.36. The van der Waals surface area contributed by atoms with Gasteiger partial charge in [-0.3, -0.25) is 4.90 Å². The fourth-order valence-corrected chi connectivity index (χ4v) is 2.09. The summed E-state index contributed by atoms with van der Waals surface area (Å²) < 4.78 is 0. The van der Waals surface area contributed by atoms with Crippen molar-refractivity contribution in [1.29, 1.82) is 0 Å². The van der Waals surface area contributed by atoms with Crippen LogP contribution in [0.4, 0.5) is 0 Å². The molecule has 1 heterocycles. The Bertz CT molecular complexity index is 223. The Hall–Kier alpha value is -0.380. The number of hydrogen-bond acceptors (Lipinski definition) is 3. The molecular formula is C11H19NOS. The molecule has 0 saturated heterocycles. The van der Waals surface area contributed by atoms with Crippen molar-refractivity contribution in [2.24, 2.45) is 0 Å². The van der Waals surface area contributed by atoms with Crippen LogP contribution in [0.25, 0.3) is 0 Å². The molecule has 3 heteroatoms. The molecule has 0 atom stereocenters. The highest BCUT2D eigenvalue weighted by Gasteiger charge is 2.04. The van der Waals surface area contributed by atoms with Gasteiger partial charge in [-0.05, 0) is 35.4 Å². The first-order chi connectivity index (χ1) is 6.86. The van der Waals surface area contributed by atoms with Gasteiger partial charge in [0.25, 0.3) is 0 Å². The van der Waals surface area contributed by atoms with Crippen LogP contribution in [0.3, 0.4) is 0 Å². The fourth-order valence-electron chi connectivity index (χ4n) is 1.43. The summed E-state index contributed by atoms with van der Waals surface area (Å²) in [4.78, 5) is 2.31. The highest BCUT2D eigenvalue weighted by Crippen LogP contribution is 2.09. The zero-order valence-electron chi connectivity index (χ0n) is 8.78. The van der Waals surface area contributed by atoms with E-state index in [0.29, 0.717) is 0 Å². The van der Waals surface area contributed by atoms with E-state index < -0.39 is 0 Å². The lowest BCUT2D eigenvalue weighted by Crippen LogP contribution is -2.27. The number of nitrogens with zero attached hydrogens (tertiary/aromatic N) is 1. The van der Waals surface area contributed by atoms with Gasteiger partial charge in [-0.2, -0.15) is 11.3 Å². The Morgan fingerprint density at radius 3 is 2.86 bits per heavy atom. The molecule has 0 aromatic carbocycles. The third-order valence-electron chi connectivity index (χ3n) is 2.23. The lowest BCUT2D eigenvalue weighted by atomic mass is 10.2. The molecule has 0 saturated carbocycles. The molecule has 0 fully saturated rings. The SMILES string of the molecule is CCCCN(CCO)Cc1ccsc1. The molecule has 2 nitrogen and oxygen atoms in total. The monoisotopic (exact) mass is 213 g/mol. The Morgan fingerprint density at radius 1 is 1.43 bits per heavy atom. The van der Waals surface area contributed by atoms with Crippen LogP contribution in [0.2, 0.25) is 0 Å². The van der Waals surface area contributed by atoms with Crippen molar-refractivity contribution < 1.29 is 5.11 Å². The van der Waals surface area contributed by atoms with Crippen LogP contribution in [-0.2, 0) is 6.54 Å². The lowest BCUT2D eigenvalue weighted by Gasteiger charge is -2.20. The van der Waals surface area contributed by atoms with Gasteiger partial charge in [0.2, 0.25) is 0 Å². The van der Waals surface area contributed by atoms with Gasteiger partial charge in [0.05, 0.1) is 6.61 Å². The molecule has 0 aliphatic heterocycles. The van der Waals surface area contributed by atoms with Gasteiger partial charge < -0.3 is 5.11 Å². The van der Waals surface area contributed by atoms with Crippen molar-refractivity contribution in [3.63, 3.8) is 0 Å². The predicted molar refractivity (Wildman–Crippen MR) is 61.6 cm³/mol. The first-order valence-electron chi connectivity index (χ1n) is 5.21. The van der Waals surface area contributed by atoms with E-state index in [0.717, 1.165) is 19.6 Å². The summed E-state index contributed by atoms with van der Waals surface area (Å²) in [7, 11) is 0. The van der Waals surface area contributed by atoms with Gasteiger partial charge in [-0.15, -0.1) is 0 Å². The van der Waals surface area contributed by atoms with Crippen LogP contribution in [0.1, 0.15) is 25.3 Å². The maximum atomic E-state index is 8.93. The molecule has 0 aliphatic rings. The van der Waals surface area contributed by atoms with E-state index in [1.165, 1.54) is 18.4 Å². The lowest BCUT2D eigenvalue weighted by molar-refractivity contribution is 0.188. The van der Waals surface area contributed by atoms with Crippen LogP contribution in [0.5, 0.6) is 0 Å². The zero-order chi connectivity index (χ0) is 10.2. The maximum absolute atomic E-state index is 8.93. The second kappa shape index (κ2) is 6.98. The Morgan fingerprint density at radius 2 is 2.29 bits per heavy atom. The molecule has 1 aromatic rings. The van der Waals surface area contributed by atoms with Crippen molar-refractivity contribution in [2.75, 3.05) is 19.7 Å². The second-order valence-corrected chi connectivity index (χ2v) is 4.26. The molecule has 1 rings (SSSR count). The van der Waals surface area contributed by atoms with Gasteiger partial charge >= 0.3 is 0 Å². The van der Waals surface area contributed by atoms with Gasteiger partial charge in [-0.25, -0.2) is 0 Å². The summed E-state index contributed by atoms with van der Waals surface area (Å²) in [5, 5.41) is 13.2. The first kappa shape index (κ1) is 11.7. The van der Waals surface area contributed by atoms with Gasteiger partial charge in [0.1, 0.15) is 0 Å². The average Bonchev–Trinajstić information content (AvgIpc) is 2.67. The average molecular weight is 213 g/mol. The molecule has 0 aliphatic carbocycles. The quantitative estimate of drug-likeness (QED) is 0.751. The third kappa shape index (κ3) is 4.22. The molecule has 1 aromatic heterocycles. The highest BCUT2D eigenvalue weighted by molar-refractivity contribution is 7.07. The standard InChI is InChI=1S/C11H19NOS/c1-2-3-5-12(6-7-13)9-11-4-8-14-10-11/h4,8,10,13H,2-3,5-7,9H2,1H3. The fraction of sp³-hybridized carbons (Fsp3) is 0.636. The van der Waals surface area contributed by atoms with Crippen LogP contribution < -0.4 is 0 Å². The summed E-state index contributed by atoms with van der Waals surface area (Å²) in [5.74, 6) is 0. The second-order valence-electron chi connectivity index (χ2n) is 3.48. The van der Waals surface area contributed by atoms with Crippen molar-refractivity contribution >= 4 is 11.3 Å². The molecule has 0 amide bonds. The minimum atomic E-state index is 0.258. The molecule has 0 bridgehead atoms. The van der Waals surface area contributed by atoms with Crippen molar-refractivity contribution in [3.8, 4) is 0 Å². The minimum absolute atomic E-state index is 0.258. The minimum Gasteiger partial charge on any atom is -0.395 e. The third-order valence-corrected chi connectivity index (χ3v) is 2.96. The topological polar surface area (TPSA) is 23.5 Å². The summed E-state index contributed by atoms with van der Waals surface area (Å²) >= 11 is 1.73. The smallest absolute Gasteiger partial charge is 0.0558 e. The summed E-state index contributed by atoms with van der Waals surface area (Å²) in [6.45, 7) is 5.31. The van der Waals surface area contributed by atoms with Crippen LogP contribution >= 0.6 is 11.3 Å². The van der Waals surface area contributed by atoms with E-state index in [2.05, 4.69) is 28.7 Å². The molecule has 0 unspecified atom stereocenters. The zero-order valence-corrected chi connectivity index (χ0v) is 9.59. The first-order valence-corrected chi connectivity index (χ1v) is 6.15. The summed E-state index contributed by atoms with van der Waals surface area (Å²) in [6, 6.07) is 2.15. The van der Waals surface area contributed by atoms with Gasteiger partial charge in [0, 0.05) is 13.1 Å². The van der Waals surface area contributed by atoms with Crippen LogP contribution in [-0.4, -0.2) is 29.7 Å².